The quantitative estimate of drug-likeness (QED) is 0.0740. The molecule has 0 atom stereocenters. The molecule has 0 unspecified atom stereocenters. The molecule has 4 aliphatic rings. The molecule has 0 spiro atoms. The molecule has 0 radical (unpaired) electrons. The first-order chi connectivity index (χ1) is 27.3. The number of benzene rings is 6. The molecule has 2 heterocycles. The SMILES string of the molecule is CI(C)N1C(=O)c2ccc(Oc3ccc4c(c3)C(=O)N(c3ccc(C5(c6ccc7c(c6)CC7(C)C)c6cc(O)ccc6-c6ccc(O)cc65)cc3)C4=O)cc2C1=O. The Balaban J connectivity index is 1.01. The Kier molecular flexibility index (Phi) is 7.47. The third kappa shape index (κ3) is 4.92. The number of ether oxygens (including phenoxy) is 1. The molecule has 0 bridgehead atoms. The van der Waals surface area contributed by atoms with E-state index in [4.69, 9.17) is 4.74 Å². The molecule has 10 rings (SSSR count). The van der Waals surface area contributed by atoms with Gasteiger partial charge >= 0.3 is 161 Å². The van der Waals surface area contributed by atoms with Crippen molar-refractivity contribution < 1.29 is 34.1 Å². The molecule has 2 N–H and O–H groups in total. The average Bonchev–Trinajstić information content (AvgIpc) is 3.71. The number of aromatic hydroxyl groups is 2. The van der Waals surface area contributed by atoms with Crippen LogP contribution in [-0.4, -0.2) is 46.8 Å². The number of carbonyl (C=O) groups is 4. The number of carbonyl (C=O) groups excluding carboxylic acids is 4. The molecule has 0 saturated carbocycles. The van der Waals surface area contributed by atoms with Crippen molar-refractivity contribution in [1.82, 2.24) is 3.11 Å². The van der Waals surface area contributed by atoms with Crippen LogP contribution < -0.4 is 9.64 Å². The van der Waals surface area contributed by atoms with E-state index in [1.165, 1.54) is 20.3 Å². The van der Waals surface area contributed by atoms with Crippen LogP contribution in [0.4, 0.5) is 5.69 Å². The van der Waals surface area contributed by atoms with Crippen LogP contribution in [0.5, 0.6) is 23.0 Å². The van der Waals surface area contributed by atoms with Gasteiger partial charge in [0.25, 0.3) is 0 Å². The molecule has 6 aromatic carbocycles. The number of fused-ring (bicyclic) bond motifs is 6. The molecule has 2 aliphatic carbocycles. The van der Waals surface area contributed by atoms with E-state index in [2.05, 4.69) is 32.0 Å². The standard InChI is InChI=1S/C47H35IN2O7/c1-46(2)24-25-19-27(7-18-39(25)46)47(40-20-29(51)10-14-33(40)34-15-11-30(52)21-41(34)47)26-5-8-28(9-6-26)49-42(53)35-16-12-31(22-37(35)43(49)54)57-32-13-17-36-38(23-32)45(56)50(44(36)55)48(3)4/h5-23,51-52H,24H2,1-4H3. The number of nitrogens with zero attached hydrogens (tertiary/aromatic N) is 2. The molecule has 0 saturated heterocycles. The fourth-order valence-electron chi connectivity index (χ4n) is 9.26. The second kappa shape index (κ2) is 12.1. The van der Waals surface area contributed by atoms with Crippen LogP contribution in [0.25, 0.3) is 11.1 Å². The van der Waals surface area contributed by atoms with E-state index >= 15 is 0 Å². The van der Waals surface area contributed by atoms with Crippen molar-refractivity contribution in [2.45, 2.75) is 31.1 Å². The van der Waals surface area contributed by atoms with Crippen LogP contribution in [0.2, 0.25) is 0 Å². The van der Waals surface area contributed by atoms with Crippen molar-refractivity contribution in [3.63, 3.8) is 0 Å². The third-order valence-electron chi connectivity index (χ3n) is 11.8. The van der Waals surface area contributed by atoms with E-state index in [0.29, 0.717) is 22.7 Å². The maximum absolute atomic E-state index is 14.0. The number of imide groups is 2. The Hall–Kier alpha value is -6.27. The number of phenols is 2. The minimum atomic E-state index is -1.91. The van der Waals surface area contributed by atoms with E-state index in [9.17, 15) is 29.4 Å². The van der Waals surface area contributed by atoms with Crippen molar-refractivity contribution in [3.05, 3.63) is 171 Å². The number of rotatable bonds is 6. The van der Waals surface area contributed by atoms with Gasteiger partial charge < -0.3 is 10.2 Å². The van der Waals surface area contributed by atoms with Gasteiger partial charge in [0, 0.05) is 0 Å². The summed E-state index contributed by atoms with van der Waals surface area (Å²) in [6.45, 7) is 4.46. The molecule has 0 fully saturated rings. The summed E-state index contributed by atoms with van der Waals surface area (Å²) < 4.78 is 7.44. The molecule has 2 aliphatic heterocycles. The number of hydrogen-bond acceptors (Lipinski definition) is 7. The first kappa shape index (κ1) is 35.2. The van der Waals surface area contributed by atoms with Crippen LogP contribution in [0, 0.1) is 0 Å². The Morgan fingerprint density at radius 3 is 1.61 bits per heavy atom. The van der Waals surface area contributed by atoms with Gasteiger partial charge in [-0.05, 0) is 92.7 Å². The normalized spacial score (nSPS) is 16.8. The van der Waals surface area contributed by atoms with Crippen molar-refractivity contribution in [3.8, 4) is 34.1 Å². The molecule has 6 aromatic rings. The number of halogens is 1. The molecule has 57 heavy (non-hydrogen) atoms. The van der Waals surface area contributed by atoms with Gasteiger partial charge in [-0.2, -0.15) is 0 Å². The number of phenolic OH excluding ortho intramolecular Hbond substituents is 2. The summed E-state index contributed by atoms with van der Waals surface area (Å²) in [4.78, 5) is 58.7. The Morgan fingerprint density at radius 1 is 0.544 bits per heavy atom. The predicted octanol–water partition coefficient (Wildman–Crippen LogP) is 9.16. The Bertz CT molecular complexity index is 2770. The minimum absolute atomic E-state index is 0.0741. The second-order valence-corrected chi connectivity index (χ2v) is 20.8. The summed E-state index contributed by atoms with van der Waals surface area (Å²) in [5.74, 6) is -0.722. The fourth-order valence-corrected chi connectivity index (χ4v) is 11.5. The third-order valence-corrected chi connectivity index (χ3v) is 14.6. The summed E-state index contributed by atoms with van der Waals surface area (Å²) in [6, 6.07) is 34.0. The summed E-state index contributed by atoms with van der Waals surface area (Å²) in [6.07, 6.45) is 0.921. The summed E-state index contributed by atoms with van der Waals surface area (Å²) in [5, 5.41) is 21.8. The van der Waals surface area contributed by atoms with Gasteiger partial charge in [0.15, 0.2) is 0 Å². The summed E-state index contributed by atoms with van der Waals surface area (Å²) in [7, 11) is 0. The first-order valence-corrected chi connectivity index (χ1v) is 23.7. The van der Waals surface area contributed by atoms with Gasteiger partial charge in [0.2, 0.25) is 0 Å². The van der Waals surface area contributed by atoms with Crippen molar-refractivity contribution >= 4 is 49.4 Å². The summed E-state index contributed by atoms with van der Waals surface area (Å²) >= 11 is -1.91. The van der Waals surface area contributed by atoms with Crippen LogP contribution >= 0.6 is 20.1 Å². The molecular weight excluding hydrogens is 831 g/mol. The fraction of sp³-hybridized carbons (Fsp3) is 0.149. The number of alkyl halides is 2. The van der Waals surface area contributed by atoms with Gasteiger partial charge in [-0.25, -0.2) is 0 Å². The second-order valence-electron chi connectivity index (χ2n) is 15.8. The maximum atomic E-state index is 14.0. The zero-order chi connectivity index (χ0) is 39.7. The van der Waals surface area contributed by atoms with Crippen LogP contribution in [-0.2, 0) is 17.3 Å². The molecular formula is C47H35IN2O7. The topological polar surface area (TPSA) is 124 Å². The predicted molar refractivity (Wildman–Crippen MR) is 224 cm³/mol. The Morgan fingerprint density at radius 2 is 1.05 bits per heavy atom. The molecule has 4 amide bonds. The van der Waals surface area contributed by atoms with Crippen molar-refractivity contribution in [2.24, 2.45) is 0 Å². The van der Waals surface area contributed by atoms with Crippen LogP contribution in [0.15, 0.2) is 115 Å². The van der Waals surface area contributed by atoms with E-state index in [1.54, 1.807) is 66.7 Å². The van der Waals surface area contributed by atoms with Gasteiger partial charge in [-0.15, -0.1) is 0 Å². The average molecular weight is 867 g/mol. The van der Waals surface area contributed by atoms with E-state index in [-0.39, 0.29) is 45.4 Å². The van der Waals surface area contributed by atoms with E-state index in [1.807, 2.05) is 34.1 Å². The van der Waals surface area contributed by atoms with Gasteiger partial charge in [-0.3, -0.25) is 0 Å². The van der Waals surface area contributed by atoms with Gasteiger partial charge in [-0.1, -0.05) is 56.3 Å². The van der Waals surface area contributed by atoms with Crippen molar-refractivity contribution in [1.29, 1.82) is 0 Å². The molecule has 9 nitrogen and oxygen atoms in total. The van der Waals surface area contributed by atoms with Crippen LogP contribution in [0.1, 0.15) is 88.7 Å². The number of hydrogen-bond donors (Lipinski definition) is 2. The number of amides is 4. The van der Waals surface area contributed by atoms with Crippen molar-refractivity contribution in [2.75, 3.05) is 14.8 Å². The Labute approximate surface area is 335 Å². The first-order valence-electron chi connectivity index (χ1n) is 18.4. The zero-order valence-electron chi connectivity index (χ0n) is 31.4. The number of anilines is 1. The van der Waals surface area contributed by atoms with E-state index in [0.717, 1.165) is 44.7 Å². The van der Waals surface area contributed by atoms with Gasteiger partial charge in [0.1, 0.15) is 11.5 Å². The van der Waals surface area contributed by atoms with E-state index < -0.39 is 37.3 Å². The monoisotopic (exact) mass is 866 g/mol. The molecule has 10 heteroatoms. The molecule has 282 valence electrons. The molecule has 0 aromatic heterocycles. The zero-order valence-corrected chi connectivity index (χ0v) is 33.5. The van der Waals surface area contributed by atoms with Gasteiger partial charge in [0.05, 0.1) is 5.41 Å². The summed E-state index contributed by atoms with van der Waals surface area (Å²) in [5.41, 5.74) is 8.52. The van der Waals surface area contributed by atoms with Crippen LogP contribution in [0.3, 0.4) is 0 Å².